The van der Waals surface area contributed by atoms with Gasteiger partial charge in [-0.3, -0.25) is 14.2 Å². The Kier molecular flexibility index (Phi) is 4.03. The highest BCUT2D eigenvalue weighted by Gasteiger charge is 2.14. The summed E-state index contributed by atoms with van der Waals surface area (Å²) in [4.78, 5) is 29.8. The zero-order valence-electron chi connectivity index (χ0n) is 13.3. The molecule has 1 aromatic heterocycles. The van der Waals surface area contributed by atoms with Crippen LogP contribution in [0.1, 0.15) is 11.1 Å². The smallest absolute Gasteiger partial charge is 0.270 e. The van der Waals surface area contributed by atoms with Gasteiger partial charge in [0.25, 0.3) is 5.56 Å². The van der Waals surface area contributed by atoms with Crippen molar-refractivity contribution in [3.63, 3.8) is 0 Å². The lowest BCUT2D eigenvalue weighted by molar-refractivity contribution is -0.115. The predicted octanol–water partition coefficient (Wildman–Crippen LogP) is 1.32. The highest BCUT2D eigenvalue weighted by Crippen LogP contribution is 2.20. The summed E-state index contributed by atoms with van der Waals surface area (Å²) in [7, 11) is 0. The van der Waals surface area contributed by atoms with Crippen molar-refractivity contribution < 1.29 is 4.79 Å². The normalized spacial score (nSPS) is 12.9. The van der Waals surface area contributed by atoms with E-state index in [0.29, 0.717) is 22.4 Å². The third-order valence-electron chi connectivity index (χ3n) is 4.00. The van der Waals surface area contributed by atoms with Crippen LogP contribution in [0.5, 0.6) is 0 Å². The third-order valence-corrected chi connectivity index (χ3v) is 5.00. The summed E-state index contributed by atoms with van der Waals surface area (Å²) in [5.74, 6) is -0.280. The first kappa shape index (κ1) is 15.5. The van der Waals surface area contributed by atoms with Crippen LogP contribution >= 0.6 is 11.3 Å². The molecule has 3 aromatic rings. The monoisotopic (exact) mass is 349 g/mol. The van der Waals surface area contributed by atoms with Gasteiger partial charge >= 0.3 is 0 Å². The second-order valence-electron chi connectivity index (χ2n) is 5.73. The van der Waals surface area contributed by atoms with Crippen LogP contribution in [0.25, 0.3) is 6.08 Å². The Bertz CT molecular complexity index is 1110. The maximum absolute atomic E-state index is 12.5. The van der Waals surface area contributed by atoms with Gasteiger partial charge in [-0.15, -0.1) is 0 Å². The van der Waals surface area contributed by atoms with Crippen LogP contribution < -0.4 is 20.2 Å². The summed E-state index contributed by atoms with van der Waals surface area (Å²) in [6.45, 7) is 0.919. The van der Waals surface area contributed by atoms with E-state index in [1.54, 1.807) is 4.57 Å². The predicted molar refractivity (Wildman–Crippen MR) is 97.3 cm³/mol. The zero-order chi connectivity index (χ0) is 17.2. The molecule has 25 heavy (non-hydrogen) atoms. The van der Waals surface area contributed by atoms with E-state index in [1.807, 2.05) is 54.6 Å². The molecule has 0 saturated carbocycles. The summed E-state index contributed by atoms with van der Waals surface area (Å²) in [6.07, 6.45) is 1.36. The van der Waals surface area contributed by atoms with Gasteiger partial charge in [-0.2, -0.15) is 0 Å². The maximum Gasteiger partial charge on any atom is 0.270 e. The number of carbonyl (C=O) groups excluding carboxylic acids is 1. The molecule has 0 spiro atoms. The van der Waals surface area contributed by atoms with Gasteiger partial charge in [0.05, 0.1) is 12.2 Å². The summed E-state index contributed by atoms with van der Waals surface area (Å²) in [6, 6.07) is 17.4. The van der Waals surface area contributed by atoms with Crippen molar-refractivity contribution in [1.29, 1.82) is 0 Å². The molecule has 1 aliphatic heterocycles. The Labute approximate surface area is 147 Å². The lowest BCUT2D eigenvalue weighted by atomic mass is 10.1. The van der Waals surface area contributed by atoms with Crippen LogP contribution in [-0.2, 0) is 17.9 Å². The lowest BCUT2D eigenvalue weighted by Crippen LogP contribution is -2.34. The molecule has 0 fully saturated rings. The molecule has 4 rings (SSSR count). The number of thiazole rings is 1. The van der Waals surface area contributed by atoms with Crippen LogP contribution in [-0.4, -0.2) is 10.5 Å². The van der Waals surface area contributed by atoms with Crippen molar-refractivity contribution in [3.8, 4) is 0 Å². The molecule has 0 aliphatic carbocycles. The fraction of sp³-hybridized carbons (Fsp3) is 0.105. The van der Waals surface area contributed by atoms with Crippen molar-refractivity contribution in [2.45, 2.75) is 13.1 Å². The third kappa shape index (κ3) is 3.16. The lowest BCUT2D eigenvalue weighted by Gasteiger charge is -2.10. The average Bonchev–Trinajstić information content (AvgIpc) is 2.94. The van der Waals surface area contributed by atoms with E-state index < -0.39 is 0 Å². The number of rotatable bonds is 3. The summed E-state index contributed by atoms with van der Waals surface area (Å²) >= 11 is 1.24. The molecule has 0 saturated heterocycles. The average molecular weight is 349 g/mol. The highest BCUT2D eigenvalue weighted by atomic mass is 32.1. The van der Waals surface area contributed by atoms with E-state index in [1.165, 1.54) is 17.4 Å². The molecular formula is C19H15N3O2S. The number of hydrogen-bond donors (Lipinski definition) is 1. The summed E-state index contributed by atoms with van der Waals surface area (Å²) in [5, 5.41) is 2.81. The quantitative estimate of drug-likeness (QED) is 0.606. The number of nitrogens with one attached hydrogen (secondary N) is 1. The SMILES string of the molecule is O=C(/C=c1/sc2n(c1=O)Cc1ccccc1N=2)NCc1ccccc1. The van der Waals surface area contributed by atoms with Crippen molar-refractivity contribution >= 4 is 29.0 Å². The van der Waals surface area contributed by atoms with Gasteiger partial charge in [0.1, 0.15) is 4.53 Å². The molecule has 2 heterocycles. The number of amides is 1. The molecule has 1 aliphatic rings. The number of nitrogens with zero attached hydrogens (tertiary/aromatic N) is 2. The van der Waals surface area contributed by atoms with Gasteiger partial charge in [0.2, 0.25) is 5.91 Å². The van der Waals surface area contributed by atoms with Crippen LogP contribution in [0.4, 0.5) is 5.69 Å². The maximum atomic E-state index is 12.5. The highest BCUT2D eigenvalue weighted by molar-refractivity contribution is 7.07. The van der Waals surface area contributed by atoms with Crippen molar-refractivity contribution in [3.05, 3.63) is 85.4 Å². The van der Waals surface area contributed by atoms with E-state index in [2.05, 4.69) is 10.3 Å². The number of hydrogen-bond acceptors (Lipinski definition) is 4. The molecule has 0 atom stereocenters. The Morgan fingerprint density at radius 3 is 2.76 bits per heavy atom. The van der Waals surface area contributed by atoms with Crippen LogP contribution in [0.15, 0.2) is 64.4 Å². The second-order valence-corrected chi connectivity index (χ2v) is 6.74. The van der Waals surface area contributed by atoms with Crippen molar-refractivity contribution in [1.82, 2.24) is 9.88 Å². The van der Waals surface area contributed by atoms with Gasteiger partial charge < -0.3 is 5.32 Å². The number of aromatic nitrogens is 1. The van der Waals surface area contributed by atoms with E-state index in [9.17, 15) is 9.59 Å². The fourth-order valence-corrected chi connectivity index (χ4v) is 3.67. The minimum Gasteiger partial charge on any atom is -0.348 e. The first-order valence-corrected chi connectivity index (χ1v) is 8.72. The first-order chi connectivity index (χ1) is 12.2. The summed E-state index contributed by atoms with van der Waals surface area (Å²) < 4.78 is 2.01. The minimum atomic E-state index is -0.280. The minimum absolute atomic E-state index is 0.173. The number of benzene rings is 2. The van der Waals surface area contributed by atoms with Crippen LogP contribution in [0, 0.1) is 0 Å². The molecule has 124 valence electrons. The Morgan fingerprint density at radius 2 is 1.92 bits per heavy atom. The molecule has 5 nitrogen and oxygen atoms in total. The van der Waals surface area contributed by atoms with Crippen LogP contribution in [0.2, 0.25) is 0 Å². The first-order valence-electron chi connectivity index (χ1n) is 7.90. The summed E-state index contributed by atoms with van der Waals surface area (Å²) in [5.41, 5.74) is 2.73. The van der Waals surface area contributed by atoms with Crippen molar-refractivity contribution in [2.75, 3.05) is 0 Å². The molecule has 2 aromatic carbocycles. The molecule has 0 bridgehead atoms. The Hall–Kier alpha value is -2.99. The zero-order valence-corrected chi connectivity index (χ0v) is 14.1. The Morgan fingerprint density at radius 1 is 1.16 bits per heavy atom. The largest absolute Gasteiger partial charge is 0.348 e. The van der Waals surface area contributed by atoms with Gasteiger partial charge in [0, 0.05) is 12.6 Å². The van der Waals surface area contributed by atoms with Gasteiger partial charge in [0.15, 0.2) is 4.80 Å². The molecule has 1 N–H and O–H groups in total. The van der Waals surface area contributed by atoms with Crippen LogP contribution in [0.3, 0.4) is 0 Å². The van der Waals surface area contributed by atoms with E-state index >= 15 is 0 Å². The van der Waals surface area contributed by atoms with E-state index in [0.717, 1.165) is 16.8 Å². The van der Waals surface area contributed by atoms with Gasteiger partial charge in [-0.25, -0.2) is 4.99 Å². The second kappa shape index (κ2) is 6.49. The number of para-hydroxylation sites is 1. The topological polar surface area (TPSA) is 63.5 Å². The standard InChI is InChI=1S/C19H15N3O2S/c23-17(20-11-13-6-2-1-3-7-13)10-16-18(24)22-12-14-8-4-5-9-15(14)21-19(22)25-16/h1-10H,11-12H2,(H,20,23)/b16-10+. The molecular weight excluding hydrogens is 334 g/mol. The molecule has 0 radical (unpaired) electrons. The number of carbonyl (C=O) groups is 1. The fourth-order valence-electron chi connectivity index (χ4n) is 2.71. The van der Waals surface area contributed by atoms with E-state index in [-0.39, 0.29) is 11.5 Å². The molecule has 0 unspecified atom stereocenters. The van der Waals surface area contributed by atoms with E-state index in [4.69, 9.17) is 0 Å². The molecule has 1 amide bonds. The van der Waals surface area contributed by atoms with Gasteiger partial charge in [-0.05, 0) is 17.2 Å². The van der Waals surface area contributed by atoms with Gasteiger partial charge in [-0.1, -0.05) is 59.9 Å². The van der Waals surface area contributed by atoms with Crippen molar-refractivity contribution in [2.24, 2.45) is 4.99 Å². The molecule has 6 heteroatoms. The number of fused-ring (bicyclic) bond motifs is 2. The Balaban J connectivity index is 1.61.